The molecule has 0 fully saturated rings. The molecule has 2 N–H and O–H groups in total. The molecule has 0 spiro atoms. The van der Waals surface area contributed by atoms with E-state index in [0.29, 0.717) is 11.3 Å². The third-order valence-electron chi connectivity index (χ3n) is 2.55. The quantitative estimate of drug-likeness (QED) is 0.852. The Bertz CT molecular complexity index is 545. The van der Waals surface area contributed by atoms with Crippen molar-refractivity contribution in [1.29, 1.82) is 0 Å². The summed E-state index contributed by atoms with van der Waals surface area (Å²) in [6, 6.07) is 12.3. The van der Waals surface area contributed by atoms with Gasteiger partial charge in [-0.1, -0.05) is 24.3 Å². The number of hydrogen-bond acceptors (Lipinski definition) is 3. The normalized spacial score (nSPS) is 10.4. The fourth-order valence-electron chi connectivity index (χ4n) is 1.64. The molecule has 0 saturated heterocycles. The Balaban J connectivity index is 2.39. The molecular formula is C14H14FNOS. The van der Waals surface area contributed by atoms with Crippen LogP contribution in [-0.4, -0.2) is 6.26 Å². The van der Waals surface area contributed by atoms with E-state index in [0.717, 1.165) is 4.90 Å². The van der Waals surface area contributed by atoms with Gasteiger partial charge in [-0.2, -0.15) is 0 Å². The van der Waals surface area contributed by atoms with Crippen LogP contribution in [0.3, 0.4) is 0 Å². The van der Waals surface area contributed by atoms with Crippen LogP contribution >= 0.6 is 11.8 Å². The standard InChI is InChI=1S/C14H14FNOS/c1-18-13-8-3-2-7-12(13)17-14-10(9-16)5-4-6-11(14)15/h2-8H,9,16H2,1H3. The summed E-state index contributed by atoms with van der Waals surface area (Å²) >= 11 is 1.56. The van der Waals surface area contributed by atoms with Crippen LogP contribution < -0.4 is 10.5 Å². The fraction of sp³-hybridized carbons (Fsp3) is 0.143. The highest BCUT2D eigenvalue weighted by Gasteiger charge is 2.11. The molecule has 0 aliphatic heterocycles. The molecule has 0 aliphatic rings. The SMILES string of the molecule is CSc1ccccc1Oc1c(F)cccc1CN. The topological polar surface area (TPSA) is 35.2 Å². The maximum atomic E-state index is 13.8. The van der Waals surface area contributed by atoms with Gasteiger partial charge in [0.15, 0.2) is 11.6 Å². The van der Waals surface area contributed by atoms with Crippen molar-refractivity contribution >= 4 is 11.8 Å². The maximum absolute atomic E-state index is 13.8. The van der Waals surface area contributed by atoms with Gasteiger partial charge >= 0.3 is 0 Å². The second-order valence-electron chi connectivity index (χ2n) is 3.69. The number of ether oxygens (including phenoxy) is 1. The molecule has 94 valence electrons. The molecule has 18 heavy (non-hydrogen) atoms. The molecule has 0 aromatic heterocycles. The smallest absolute Gasteiger partial charge is 0.167 e. The van der Waals surface area contributed by atoms with Crippen molar-refractivity contribution in [1.82, 2.24) is 0 Å². The third-order valence-corrected chi connectivity index (χ3v) is 3.33. The van der Waals surface area contributed by atoms with Crippen molar-refractivity contribution < 1.29 is 9.13 Å². The van der Waals surface area contributed by atoms with Gasteiger partial charge in [0.25, 0.3) is 0 Å². The first-order valence-electron chi connectivity index (χ1n) is 5.54. The van der Waals surface area contributed by atoms with Crippen molar-refractivity contribution in [2.24, 2.45) is 5.73 Å². The number of para-hydroxylation sites is 2. The Labute approximate surface area is 110 Å². The van der Waals surface area contributed by atoms with Gasteiger partial charge in [0.05, 0.1) is 0 Å². The lowest BCUT2D eigenvalue weighted by Crippen LogP contribution is -2.01. The van der Waals surface area contributed by atoms with E-state index in [1.165, 1.54) is 6.07 Å². The zero-order chi connectivity index (χ0) is 13.0. The van der Waals surface area contributed by atoms with E-state index in [2.05, 4.69) is 0 Å². The molecular weight excluding hydrogens is 249 g/mol. The van der Waals surface area contributed by atoms with Crippen LogP contribution in [0.5, 0.6) is 11.5 Å². The summed E-state index contributed by atoms with van der Waals surface area (Å²) in [5.41, 5.74) is 6.25. The first-order valence-corrected chi connectivity index (χ1v) is 6.77. The Morgan fingerprint density at radius 2 is 1.94 bits per heavy atom. The van der Waals surface area contributed by atoms with Gasteiger partial charge in [-0.05, 0) is 24.5 Å². The van der Waals surface area contributed by atoms with E-state index < -0.39 is 5.82 Å². The predicted molar refractivity (Wildman–Crippen MR) is 72.6 cm³/mol. The van der Waals surface area contributed by atoms with Crippen LogP contribution in [0.15, 0.2) is 47.4 Å². The molecule has 0 heterocycles. The molecule has 0 unspecified atom stereocenters. The predicted octanol–water partition coefficient (Wildman–Crippen LogP) is 3.80. The molecule has 0 saturated carbocycles. The summed E-state index contributed by atoms with van der Waals surface area (Å²) < 4.78 is 19.4. The summed E-state index contributed by atoms with van der Waals surface area (Å²) in [5, 5.41) is 0. The maximum Gasteiger partial charge on any atom is 0.167 e. The van der Waals surface area contributed by atoms with Crippen LogP contribution in [0, 0.1) is 5.82 Å². The van der Waals surface area contributed by atoms with Crippen molar-refractivity contribution in [2.75, 3.05) is 6.26 Å². The van der Waals surface area contributed by atoms with Crippen molar-refractivity contribution in [3.8, 4) is 11.5 Å². The number of hydrogen-bond donors (Lipinski definition) is 1. The molecule has 2 nitrogen and oxygen atoms in total. The summed E-state index contributed by atoms with van der Waals surface area (Å²) in [7, 11) is 0. The van der Waals surface area contributed by atoms with Crippen molar-refractivity contribution in [3.05, 3.63) is 53.8 Å². The van der Waals surface area contributed by atoms with Gasteiger partial charge in [-0.15, -0.1) is 11.8 Å². The molecule has 0 atom stereocenters. The summed E-state index contributed by atoms with van der Waals surface area (Å²) in [5.74, 6) is 0.458. The van der Waals surface area contributed by atoms with E-state index >= 15 is 0 Å². The molecule has 0 radical (unpaired) electrons. The van der Waals surface area contributed by atoms with E-state index in [1.54, 1.807) is 23.9 Å². The first kappa shape index (κ1) is 12.9. The molecule has 2 aromatic rings. The van der Waals surface area contributed by atoms with Gasteiger partial charge < -0.3 is 10.5 Å². The summed E-state index contributed by atoms with van der Waals surface area (Å²) in [4.78, 5) is 0.962. The van der Waals surface area contributed by atoms with E-state index in [4.69, 9.17) is 10.5 Å². The Morgan fingerprint density at radius 1 is 1.17 bits per heavy atom. The van der Waals surface area contributed by atoms with Gasteiger partial charge in [-0.3, -0.25) is 0 Å². The van der Waals surface area contributed by atoms with E-state index in [9.17, 15) is 4.39 Å². The third kappa shape index (κ3) is 2.66. The van der Waals surface area contributed by atoms with Crippen LogP contribution in [0.1, 0.15) is 5.56 Å². The van der Waals surface area contributed by atoms with E-state index in [-0.39, 0.29) is 12.3 Å². The lowest BCUT2D eigenvalue weighted by atomic mass is 10.2. The van der Waals surface area contributed by atoms with Crippen LogP contribution in [0.2, 0.25) is 0 Å². The molecule has 0 amide bonds. The first-order chi connectivity index (χ1) is 8.76. The van der Waals surface area contributed by atoms with Crippen LogP contribution in [-0.2, 0) is 6.54 Å². The highest BCUT2D eigenvalue weighted by molar-refractivity contribution is 7.98. The Morgan fingerprint density at radius 3 is 2.67 bits per heavy atom. The average Bonchev–Trinajstić information content (AvgIpc) is 2.41. The molecule has 0 bridgehead atoms. The molecule has 0 aliphatic carbocycles. The molecule has 2 aromatic carbocycles. The van der Waals surface area contributed by atoms with Gasteiger partial charge in [0, 0.05) is 17.0 Å². The fourth-order valence-corrected chi connectivity index (χ4v) is 2.17. The van der Waals surface area contributed by atoms with Crippen LogP contribution in [0.4, 0.5) is 4.39 Å². The zero-order valence-electron chi connectivity index (χ0n) is 10.0. The largest absolute Gasteiger partial charge is 0.453 e. The highest BCUT2D eigenvalue weighted by atomic mass is 32.2. The van der Waals surface area contributed by atoms with Gasteiger partial charge in [-0.25, -0.2) is 4.39 Å². The minimum Gasteiger partial charge on any atom is -0.453 e. The van der Waals surface area contributed by atoms with Gasteiger partial charge in [0.1, 0.15) is 5.75 Å². The number of halogens is 1. The number of nitrogens with two attached hydrogens (primary N) is 1. The molecule has 2 rings (SSSR count). The average molecular weight is 263 g/mol. The van der Waals surface area contributed by atoms with E-state index in [1.807, 2.05) is 30.5 Å². The van der Waals surface area contributed by atoms with Gasteiger partial charge in [0.2, 0.25) is 0 Å². The van der Waals surface area contributed by atoms with Crippen LogP contribution in [0.25, 0.3) is 0 Å². The number of benzene rings is 2. The molecule has 4 heteroatoms. The second kappa shape index (κ2) is 5.89. The van der Waals surface area contributed by atoms with Crippen molar-refractivity contribution in [2.45, 2.75) is 11.4 Å². The summed E-state index contributed by atoms with van der Waals surface area (Å²) in [6.07, 6.45) is 1.95. The minimum atomic E-state index is -0.395. The Hall–Kier alpha value is -1.52. The highest BCUT2D eigenvalue weighted by Crippen LogP contribution is 2.34. The second-order valence-corrected chi connectivity index (χ2v) is 4.53. The lowest BCUT2D eigenvalue weighted by molar-refractivity contribution is 0.428. The number of thioether (sulfide) groups is 1. The van der Waals surface area contributed by atoms with Crippen molar-refractivity contribution in [3.63, 3.8) is 0 Å². The Kier molecular flexibility index (Phi) is 4.23. The summed E-state index contributed by atoms with van der Waals surface area (Å²) in [6.45, 7) is 0.245. The number of rotatable bonds is 4. The monoisotopic (exact) mass is 263 g/mol. The lowest BCUT2D eigenvalue weighted by Gasteiger charge is -2.13. The minimum absolute atomic E-state index is 0.210. The zero-order valence-corrected chi connectivity index (χ0v) is 10.8.